The highest BCUT2D eigenvalue weighted by Gasteiger charge is 2.32. The molecule has 0 saturated heterocycles. The van der Waals surface area contributed by atoms with Crippen LogP contribution in [0, 0.1) is 0 Å². The lowest BCUT2D eigenvalue weighted by atomic mass is 10.0. The van der Waals surface area contributed by atoms with Gasteiger partial charge in [0.25, 0.3) is 0 Å². The number of amides is 1. The van der Waals surface area contributed by atoms with Gasteiger partial charge in [0, 0.05) is 23.2 Å². The number of fused-ring (bicyclic) bond motifs is 3. The smallest absolute Gasteiger partial charge is 0.234 e. The number of carbonyl (C=O) groups is 1. The van der Waals surface area contributed by atoms with Crippen LogP contribution in [0.4, 0.5) is 11.4 Å². The molecular formula is C19H17ClN4O2S. The Morgan fingerprint density at radius 3 is 3.07 bits per heavy atom. The lowest BCUT2D eigenvalue weighted by Gasteiger charge is -2.29. The molecule has 6 nitrogen and oxygen atoms in total. The molecule has 1 unspecified atom stereocenters. The highest BCUT2D eigenvalue weighted by molar-refractivity contribution is 8.14. The third-order valence-corrected chi connectivity index (χ3v) is 5.48. The maximum absolute atomic E-state index is 12.4. The average molecular weight is 401 g/mol. The van der Waals surface area contributed by atoms with Crippen LogP contribution < -0.4 is 10.1 Å². The Labute approximate surface area is 166 Å². The van der Waals surface area contributed by atoms with Crippen molar-refractivity contribution in [3.8, 4) is 5.75 Å². The summed E-state index contributed by atoms with van der Waals surface area (Å²) in [7, 11) is 1.55. The van der Waals surface area contributed by atoms with E-state index in [2.05, 4.69) is 21.5 Å². The predicted octanol–water partition coefficient (Wildman–Crippen LogP) is 4.45. The van der Waals surface area contributed by atoms with Crippen LogP contribution in [0.2, 0.25) is 5.02 Å². The van der Waals surface area contributed by atoms with Crippen LogP contribution in [0.1, 0.15) is 18.0 Å². The molecular weight excluding hydrogens is 384 g/mol. The van der Waals surface area contributed by atoms with E-state index in [0.29, 0.717) is 16.5 Å². The molecule has 0 saturated carbocycles. The molecule has 138 valence electrons. The van der Waals surface area contributed by atoms with E-state index in [-0.39, 0.29) is 17.7 Å². The summed E-state index contributed by atoms with van der Waals surface area (Å²) in [5.74, 6) is 0.600. The van der Waals surface area contributed by atoms with Crippen LogP contribution in [-0.4, -0.2) is 35.2 Å². The van der Waals surface area contributed by atoms with Gasteiger partial charge in [-0.3, -0.25) is 4.79 Å². The van der Waals surface area contributed by atoms with Gasteiger partial charge < -0.3 is 10.1 Å². The maximum atomic E-state index is 12.4. The molecule has 0 fully saturated rings. The van der Waals surface area contributed by atoms with Gasteiger partial charge in [-0.15, -0.1) is 0 Å². The number of aliphatic imine (C=N–C) groups is 1. The topological polar surface area (TPSA) is 66.3 Å². The molecule has 1 atom stereocenters. The van der Waals surface area contributed by atoms with Crippen molar-refractivity contribution in [1.82, 2.24) is 5.01 Å². The maximum Gasteiger partial charge on any atom is 0.234 e. The first-order valence-corrected chi connectivity index (χ1v) is 9.77. The Balaban J connectivity index is 1.47. The SMILES string of the molecule is COc1ccc(Cl)cc1NC(=O)CSC1=Nc2ccccc2C2CC=NN12. The number of rotatable bonds is 4. The van der Waals surface area contributed by atoms with Gasteiger partial charge in [-0.2, -0.15) is 5.10 Å². The van der Waals surface area contributed by atoms with Crippen molar-refractivity contribution < 1.29 is 9.53 Å². The van der Waals surface area contributed by atoms with Crippen molar-refractivity contribution in [2.24, 2.45) is 10.1 Å². The number of halogens is 1. The highest BCUT2D eigenvalue weighted by atomic mass is 35.5. The summed E-state index contributed by atoms with van der Waals surface area (Å²) >= 11 is 7.37. The number of benzene rings is 2. The second-order valence-corrected chi connectivity index (χ2v) is 7.41. The summed E-state index contributed by atoms with van der Waals surface area (Å²) in [5.41, 5.74) is 2.64. The van der Waals surface area contributed by atoms with Crippen LogP contribution in [0.5, 0.6) is 5.75 Å². The fourth-order valence-corrected chi connectivity index (χ4v) is 4.05. The van der Waals surface area contributed by atoms with Gasteiger partial charge in [0.05, 0.1) is 30.3 Å². The van der Waals surface area contributed by atoms with E-state index >= 15 is 0 Å². The minimum atomic E-state index is -0.165. The van der Waals surface area contributed by atoms with Crippen LogP contribution in [0.15, 0.2) is 52.6 Å². The van der Waals surface area contributed by atoms with E-state index in [9.17, 15) is 4.79 Å². The van der Waals surface area contributed by atoms with Gasteiger partial charge in [-0.05, 0) is 24.3 Å². The standard InChI is InChI=1S/C19H17ClN4O2S/c1-26-17-7-6-12(20)10-15(17)22-18(25)11-27-19-23-14-5-3-2-4-13(14)16-8-9-21-24(16)19/h2-7,9-10,16H,8,11H2,1H3,(H,22,25). The van der Waals surface area contributed by atoms with Crippen LogP contribution in [0.3, 0.4) is 0 Å². The van der Waals surface area contributed by atoms with Crippen molar-refractivity contribution in [3.05, 3.63) is 53.1 Å². The number of hydrazone groups is 1. The first-order chi connectivity index (χ1) is 13.2. The molecule has 2 aliphatic heterocycles. The van der Waals surface area contributed by atoms with Gasteiger partial charge >= 0.3 is 0 Å². The Bertz CT molecular complexity index is 947. The number of amidine groups is 1. The number of hydrogen-bond acceptors (Lipinski definition) is 6. The number of nitrogens with zero attached hydrogens (tertiary/aromatic N) is 3. The molecule has 2 aromatic carbocycles. The zero-order valence-corrected chi connectivity index (χ0v) is 16.1. The first kappa shape index (κ1) is 17.9. The third kappa shape index (κ3) is 3.65. The van der Waals surface area contributed by atoms with Crippen molar-refractivity contribution in [2.75, 3.05) is 18.2 Å². The van der Waals surface area contributed by atoms with E-state index in [1.807, 2.05) is 29.4 Å². The molecule has 4 rings (SSSR count). The molecule has 1 amide bonds. The Morgan fingerprint density at radius 1 is 1.37 bits per heavy atom. The third-order valence-electron chi connectivity index (χ3n) is 4.31. The number of carbonyl (C=O) groups excluding carboxylic acids is 1. The van der Waals surface area contributed by atoms with E-state index < -0.39 is 0 Å². The summed E-state index contributed by atoms with van der Waals surface area (Å²) in [6, 6.07) is 13.3. The second kappa shape index (κ2) is 7.62. The van der Waals surface area contributed by atoms with E-state index in [0.717, 1.165) is 22.8 Å². The van der Waals surface area contributed by atoms with Gasteiger partial charge in [-0.25, -0.2) is 10.0 Å². The van der Waals surface area contributed by atoms with E-state index in [1.54, 1.807) is 25.3 Å². The largest absolute Gasteiger partial charge is 0.495 e. The summed E-state index contributed by atoms with van der Waals surface area (Å²) in [6.07, 6.45) is 2.72. The van der Waals surface area contributed by atoms with Gasteiger partial charge in [0.2, 0.25) is 5.91 Å². The summed E-state index contributed by atoms with van der Waals surface area (Å²) in [4.78, 5) is 17.1. The number of para-hydroxylation sites is 1. The minimum Gasteiger partial charge on any atom is -0.495 e. The van der Waals surface area contributed by atoms with Gasteiger partial charge in [0.15, 0.2) is 5.17 Å². The van der Waals surface area contributed by atoms with E-state index in [1.165, 1.54) is 11.8 Å². The Morgan fingerprint density at radius 2 is 2.22 bits per heavy atom. The summed E-state index contributed by atoms with van der Waals surface area (Å²) < 4.78 is 5.26. The number of anilines is 1. The van der Waals surface area contributed by atoms with Crippen molar-refractivity contribution >= 4 is 52.0 Å². The average Bonchev–Trinajstić information content (AvgIpc) is 3.17. The highest BCUT2D eigenvalue weighted by Crippen LogP contribution is 2.40. The monoisotopic (exact) mass is 400 g/mol. The Kier molecular flexibility index (Phi) is 5.05. The molecule has 2 heterocycles. The van der Waals surface area contributed by atoms with Crippen LogP contribution >= 0.6 is 23.4 Å². The number of methoxy groups -OCH3 is 1. The zero-order chi connectivity index (χ0) is 18.8. The number of nitrogens with one attached hydrogen (secondary N) is 1. The van der Waals surface area contributed by atoms with Gasteiger partial charge in [-0.1, -0.05) is 41.6 Å². The second-order valence-electron chi connectivity index (χ2n) is 6.03. The predicted molar refractivity (Wildman–Crippen MR) is 110 cm³/mol. The Hall–Kier alpha value is -2.51. The number of ether oxygens (including phenoxy) is 1. The number of thioether (sulfide) groups is 1. The quantitative estimate of drug-likeness (QED) is 0.823. The molecule has 0 aromatic heterocycles. The molecule has 8 heteroatoms. The zero-order valence-electron chi connectivity index (χ0n) is 14.6. The van der Waals surface area contributed by atoms with Crippen LogP contribution in [-0.2, 0) is 4.79 Å². The first-order valence-electron chi connectivity index (χ1n) is 8.41. The molecule has 0 spiro atoms. The van der Waals surface area contributed by atoms with Crippen molar-refractivity contribution in [2.45, 2.75) is 12.5 Å². The molecule has 1 N–H and O–H groups in total. The molecule has 2 aromatic rings. The minimum absolute atomic E-state index is 0.150. The number of hydrogen-bond donors (Lipinski definition) is 1. The molecule has 0 radical (unpaired) electrons. The lowest BCUT2D eigenvalue weighted by molar-refractivity contribution is -0.113. The fourth-order valence-electron chi connectivity index (χ4n) is 3.07. The normalized spacial score (nSPS) is 17.2. The van der Waals surface area contributed by atoms with Crippen molar-refractivity contribution in [1.29, 1.82) is 0 Å². The summed E-state index contributed by atoms with van der Waals surface area (Å²) in [5, 5.41) is 10.4. The molecule has 0 aliphatic carbocycles. The molecule has 27 heavy (non-hydrogen) atoms. The molecule has 2 aliphatic rings. The van der Waals surface area contributed by atoms with Crippen molar-refractivity contribution in [3.63, 3.8) is 0 Å². The van der Waals surface area contributed by atoms with E-state index in [4.69, 9.17) is 16.3 Å². The summed E-state index contributed by atoms with van der Waals surface area (Å²) in [6.45, 7) is 0. The lowest BCUT2D eigenvalue weighted by Crippen LogP contribution is -2.29. The van der Waals surface area contributed by atoms with Crippen LogP contribution in [0.25, 0.3) is 0 Å². The molecule has 0 bridgehead atoms. The van der Waals surface area contributed by atoms with Gasteiger partial charge in [0.1, 0.15) is 5.75 Å². The fraction of sp³-hybridized carbons (Fsp3) is 0.211.